The summed E-state index contributed by atoms with van der Waals surface area (Å²) in [7, 11) is 0. The first kappa shape index (κ1) is 14.6. The van der Waals surface area contributed by atoms with Gasteiger partial charge in [-0.15, -0.1) is 0 Å². The monoisotopic (exact) mass is 326 g/mol. The molecule has 0 radical (unpaired) electrons. The molecule has 24 heavy (non-hydrogen) atoms. The lowest BCUT2D eigenvalue weighted by Crippen LogP contribution is -2.25. The molecule has 0 saturated heterocycles. The zero-order chi connectivity index (χ0) is 16.5. The molecule has 0 atom stereocenters. The molecule has 2 heterocycles. The maximum absolute atomic E-state index is 13.4. The molecule has 3 aromatic rings. The molecule has 5 nitrogen and oxygen atoms in total. The van der Waals surface area contributed by atoms with Crippen LogP contribution < -0.4 is 14.8 Å². The van der Waals surface area contributed by atoms with Crippen LogP contribution in [0, 0.1) is 5.82 Å². The molecule has 1 aromatic heterocycles. The van der Waals surface area contributed by atoms with Gasteiger partial charge in [-0.2, -0.15) is 0 Å². The van der Waals surface area contributed by atoms with Crippen LogP contribution >= 0.6 is 0 Å². The molecular weight excluding hydrogens is 311 g/mol. The fraction of sp³-hybridized carbons (Fsp3) is 0.167. The summed E-state index contributed by atoms with van der Waals surface area (Å²) in [5.41, 5.74) is 2.37. The lowest BCUT2D eigenvalue weighted by Gasteiger charge is -2.06. The van der Waals surface area contributed by atoms with Crippen LogP contribution in [0.15, 0.2) is 42.6 Å². The van der Waals surface area contributed by atoms with Crippen LogP contribution in [-0.2, 0) is 6.42 Å². The fourth-order valence-electron chi connectivity index (χ4n) is 2.81. The van der Waals surface area contributed by atoms with E-state index < -0.39 is 0 Å². The topological polar surface area (TPSA) is 63.4 Å². The predicted octanol–water partition coefficient (Wildman–Crippen LogP) is 3.01. The van der Waals surface area contributed by atoms with Gasteiger partial charge in [0, 0.05) is 29.2 Å². The molecule has 2 N–H and O–H groups in total. The molecule has 0 fully saturated rings. The number of carbonyl (C=O) groups excluding carboxylic acids is 1. The number of hydrogen-bond acceptors (Lipinski definition) is 3. The highest BCUT2D eigenvalue weighted by atomic mass is 19.1. The van der Waals surface area contributed by atoms with Crippen molar-refractivity contribution in [2.75, 3.05) is 13.3 Å². The molecule has 2 aromatic carbocycles. The highest BCUT2D eigenvalue weighted by Gasteiger charge is 2.16. The highest BCUT2D eigenvalue weighted by molar-refractivity contribution is 5.95. The Bertz CT molecular complexity index is 920. The van der Waals surface area contributed by atoms with Crippen molar-refractivity contribution in [2.45, 2.75) is 6.42 Å². The summed E-state index contributed by atoms with van der Waals surface area (Å²) in [6.45, 7) is 0.633. The van der Waals surface area contributed by atoms with E-state index >= 15 is 0 Å². The number of fused-ring (bicyclic) bond motifs is 2. The van der Waals surface area contributed by atoms with Gasteiger partial charge in [-0.3, -0.25) is 4.79 Å². The summed E-state index contributed by atoms with van der Waals surface area (Å²) in [6.07, 6.45) is 2.45. The molecule has 0 aliphatic carbocycles. The summed E-state index contributed by atoms with van der Waals surface area (Å²) >= 11 is 0. The normalized spacial score (nSPS) is 12.5. The van der Waals surface area contributed by atoms with Crippen LogP contribution in [0.2, 0.25) is 0 Å². The van der Waals surface area contributed by atoms with Crippen LogP contribution in [0.4, 0.5) is 4.39 Å². The Morgan fingerprint density at radius 2 is 2.04 bits per heavy atom. The Morgan fingerprint density at radius 3 is 2.96 bits per heavy atom. The first-order chi connectivity index (χ1) is 11.7. The minimum absolute atomic E-state index is 0.178. The Morgan fingerprint density at radius 1 is 1.17 bits per heavy atom. The van der Waals surface area contributed by atoms with E-state index in [1.165, 1.54) is 12.1 Å². The first-order valence-electron chi connectivity index (χ1n) is 7.64. The number of benzene rings is 2. The molecule has 0 unspecified atom stereocenters. The standard InChI is InChI=1S/C18H15FN2O3/c19-13-2-3-15-14(8-13)12(9-21-15)5-6-20-18(22)11-1-4-16-17(7-11)24-10-23-16/h1-4,7-9,21H,5-6,10H2,(H,20,22). The zero-order valence-corrected chi connectivity index (χ0v) is 12.8. The number of H-pyrrole nitrogens is 1. The van der Waals surface area contributed by atoms with Gasteiger partial charge in [-0.25, -0.2) is 4.39 Å². The molecule has 1 amide bonds. The fourth-order valence-corrected chi connectivity index (χ4v) is 2.81. The van der Waals surface area contributed by atoms with Crippen molar-refractivity contribution in [1.29, 1.82) is 0 Å². The lowest BCUT2D eigenvalue weighted by atomic mass is 10.1. The largest absolute Gasteiger partial charge is 0.454 e. The number of amides is 1. The van der Waals surface area contributed by atoms with Crippen molar-refractivity contribution in [3.05, 3.63) is 59.5 Å². The minimum atomic E-state index is -0.271. The second kappa shape index (κ2) is 5.88. The number of carbonyl (C=O) groups is 1. The van der Waals surface area contributed by atoms with Gasteiger partial charge < -0.3 is 19.8 Å². The van der Waals surface area contributed by atoms with Gasteiger partial charge in [0.25, 0.3) is 5.91 Å². The number of aromatic nitrogens is 1. The average Bonchev–Trinajstić information content (AvgIpc) is 3.20. The van der Waals surface area contributed by atoms with Crippen LogP contribution in [-0.4, -0.2) is 24.2 Å². The van der Waals surface area contributed by atoms with Crippen molar-refractivity contribution in [2.24, 2.45) is 0 Å². The third-order valence-corrected chi connectivity index (χ3v) is 4.04. The molecule has 0 bridgehead atoms. The van der Waals surface area contributed by atoms with Gasteiger partial charge in [-0.1, -0.05) is 0 Å². The van der Waals surface area contributed by atoms with Crippen LogP contribution in [0.3, 0.4) is 0 Å². The quantitative estimate of drug-likeness (QED) is 0.775. The van der Waals surface area contributed by atoms with Gasteiger partial charge in [0.05, 0.1) is 0 Å². The Kier molecular flexibility index (Phi) is 3.57. The molecule has 122 valence electrons. The maximum Gasteiger partial charge on any atom is 0.251 e. The van der Waals surface area contributed by atoms with E-state index in [-0.39, 0.29) is 18.5 Å². The molecule has 6 heteroatoms. The second-order valence-corrected chi connectivity index (χ2v) is 5.58. The SMILES string of the molecule is O=C(NCCc1c[nH]c2ccc(F)cc12)c1ccc2c(c1)OCO2. The van der Waals surface area contributed by atoms with E-state index in [0.29, 0.717) is 30.0 Å². The van der Waals surface area contributed by atoms with Crippen LogP contribution in [0.25, 0.3) is 10.9 Å². The third-order valence-electron chi connectivity index (χ3n) is 4.04. The van der Waals surface area contributed by atoms with E-state index in [0.717, 1.165) is 16.5 Å². The summed E-state index contributed by atoms with van der Waals surface area (Å²) in [4.78, 5) is 15.3. The zero-order valence-electron chi connectivity index (χ0n) is 12.8. The third kappa shape index (κ3) is 2.67. The van der Waals surface area contributed by atoms with Crippen LogP contribution in [0.1, 0.15) is 15.9 Å². The Hall–Kier alpha value is -3.02. The summed E-state index contributed by atoms with van der Waals surface area (Å²) < 4.78 is 23.9. The van der Waals surface area contributed by atoms with E-state index in [1.54, 1.807) is 24.3 Å². The molecule has 0 saturated carbocycles. The van der Waals surface area contributed by atoms with Gasteiger partial charge in [0.1, 0.15) is 5.82 Å². The summed E-state index contributed by atoms with van der Waals surface area (Å²) in [5.74, 6) is 0.772. The van der Waals surface area contributed by atoms with Gasteiger partial charge in [0.15, 0.2) is 11.5 Å². The van der Waals surface area contributed by atoms with E-state index in [4.69, 9.17) is 9.47 Å². The minimum Gasteiger partial charge on any atom is -0.454 e. The van der Waals surface area contributed by atoms with Gasteiger partial charge in [0.2, 0.25) is 6.79 Å². The van der Waals surface area contributed by atoms with Crippen molar-refractivity contribution < 1.29 is 18.7 Å². The van der Waals surface area contributed by atoms with E-state index in [9.17, 15) is 9.18 Å². The number of aromatic amines is 1. The molecule has 4 rings (SSSR count). The summed E-state index contributed by atoms with van der Waals surface area (Å²) in [6, 6.07) is 9.71. The van der Waals surface area contributed by atoms with Crippen molar-refractivity contribution in [3.8, 4) is 11.5 Å². The van der Waals surface area contributed by atoms with Crippen molar-refractivity contribution in [3.63, 3.8) is 0 Å². The van der Waals surface area contributed by atoms with Gasteiger partial charge >= 0.3 is 0 Å². The second-order valence-electron chi connectivity index (χ2n) is 5.58. The molecule has 1 aliphatic heterocycles. The first-order valence-corrected chi connectivity index (χ1v) is 7.64. The lowest BCUT2D eigenvalue weighted by molar-refractivity contribution is 0.0953. The highest BCUT2D eigenvalue weighted by Crippen LogP contribution is 2.32. The van der Waals surface area contributed by atoms with Gasteiger partial charge in [-0.05, 0) is 48.4 Å². The van der Waals surface area contributed by atoms with E-state index in [2.05, 4.69) is 10.3 Å². The maximum atomic E-state index is 13.4. The molecule has 1 aliphatic rings. The number of ether oxygens (including phenoxy) is 2. The van der Waals surface area contributed by atoms with Crippen molar-refractivity contribution >= 4 is 16.8 Å². The number of nitrogens with one attached hydrogen (secondary N) is 2. The van der Waals surface area contributed by atoms with Crippen LogP contribution in [0.5, 0.6) is 11.5 Å². The smallest absolute Gasteiger partial charge is 0.251 e. The number of halogens is 1. The molecular formula is C18H15FN2O3. The van der Waals surface area contributed by atoms with E-state index in [1.807, 2.05) is 6.20 Å². The summed E-state index contributed by atoms with van der Waals surface area (Å²) in [5, 5.41) is 3.70. The predicted molar refractivity (Wildman–Crippen MR) is 86.9 cm³/mol. The Balaban J connectivity index is 1.41. The Labute approximate surface area is 137 Å². The van der Waals surface area contributed by atoms with Crippen molar-refractivity contribution in [1.82, 2.24) is 10.3 Å². The average molecular weight is 326 g/mol. The molecule has 0 spiro atoms. The number of rotatable bonds is 4. The number of hydrogen-bond donors (Lipinski definition) is 2.